The van der Waals surface area contributed by atoms with Crippen LogP contribution in [-0.2, 0) is 13.1 Å². The molecular formula is C15H22N4OS. The molecule has 3 heterocycles. The Hall–Kier alpha value is -1.24. The van der Waals surface area contributed by atoms with E-state index in [1.165, 1.54) is 18.5 Å². The van der Waals surface area contributed by atoms with Crippen LogP contribution in [0.1, 0.15) is 35.2 Å². The van der Waals surface area contributed by atoms with Gasteiger partial charge in [0, 0.05) is 30.6 Å². The Labute approximate surface area is 129 Å². The molecule has 0 bridgehead atoms. The number of hydrogen-bond acceptors (Lipinski definition) is 5. The van der Waals surface area contributed by atoms with Gasteiger partial charge in [-0.2, -0.15) is 5.10 Å². The van der Waals surface area contributed by atoms with Crippen molar-refractivity contribution in [2.24, 2.45) is 0 Å². The van der Waals surface area contributed by atoms with Gasteiger partial charge in [0.05, 0.1) is 29.5 Å². The summed E-state index contributed by atoms with van der Waals surface area (Å²) in [5, 5.41) is 16.9. The van der Waals surface area contributed by atoms with Crippen molar-refractivity contribution in [3.05, 3.63) is 34.0 Å². The normalized spacial score (nSPS) is 20.0. The molecule has 1 N–H and O–H groups in total. The molecule has 1 aliphatic heterocycles. The van der Waals surface area contributed by atoms with Gasteiger partial charge in [-0.1, -0.05) is 0 Å². The molecule has 2 aromatic heterocycles. The minimum absolute atomic E-state index is 0.140. The molecule has 0 saturated carbocycles. The van der Waals surface area contributed by atoms with Gasteiger partial charge in [0.2, 0.25) is 0 Å². The van der Waals surface area contributed by atoms with Crippen molar-refractivity contribution in [3.8, 4) is 0 Å². The maximum absolute atomic E-state index is 8.97. The molecular weight excluding hydrogens is 284 g/mol. The molecule has 21 heavy (non-hydrogen) atoms. The maximum Gasteiger partial charge on any atom is 0.0897 e. The Morgan fingerprint density at radius 3 is 3.14 bits per heavy atom. The minimum atomic E-state index is 0.140. The molecule has 2 aromatic rings. The van der Waals surface area contributed by atoms with Crippen molar-refractivity contribution >= 4 is 11.3 Å². The summed E-state index contributed by atoms with van der Waals surface area (Å²) < 4.78 is 1.83. The van der Waals surface area contributed by atoms with Crippen LogP contribution in [-0.4, -0.2) is 44.5 Å². The second kappa shape index (κ2) is 6.68. The summed E-state index contributed by atoms with van der Waals surface area (Å²) in [6.45, 7) is 5.91. The Morgan fingerprint density at radius 1 is 1.48 bits per heavy atom. The summed E-state index contributed by atoms with van der Waals surface area (Å²) in [7, 11) is 0. The summed E-state index contributed by atoms with van der Waals surface area (Å²) in [5.74, 6) is 0.499. The zero-order valence-electron chi connectivity index (χ0n) is 12.4. The second-order valence-electron chi connectivity index (χ2n) is 5.66. The lowest BCUT2D eigenvalue weighted by Crippen LogP contribution is -2.34. The third-order valence-corrected chi connectivity index (χ3v) is 4.79. The summed E-state index contributed by atoms with van der Waals surface area (Å²) in [6.07, 6.45) is 4.37. The van der Waals surface area contributed by atoms with Crippen molar-refractivity contribution in [2.75, 3.05) is 19.7 Å². The minimum Gasteiger partial charge on any atom is -0.394 e. The zero-order valence-corrected chi connectivity index (χ0v) is 13.2. The lowest BCUT2D eigenvalue weighted by atomic mass is 9.95. The van der Waals surface area contributed by atoms with E-state index in [1.807, 2.05) is 10.9 Å². The van der Waals surface area contributed by atoms with Crippen LogP contribution in [0.5, 0.6) is 0 Å². The van der Waals surface area contributed by atoms with Crippen molar-refractivity contribution < 1.29 is 5.11 Å². The van der Waals surface area contributed by atoms with E-state index >= 15 is 0 Å². The monoisotopic (exact) mass is 306 g/mol. The zero-order chi connectivity index (χ0) is 14.7. The molecule has 114 valence electrons. The highest BCUT2D eigenvalue weighted by atomic mass is 32.1. The Bertz CT molecular complexity index is 580. The molecule has 0 aromatic carbocycles. The average molecular weight is 306 g/mol. The second-order valence-corrected chi connectivity index (χ2v) is 6.72. The number of rotatable bonds is 5. The van der Waals surface area contributed by atoms with E-state index in [9.17, 15) is 0 Å². The molecule has 1 saturated heterocycles. The number of nitrogens with zero attached hydrogens (tertiary/aromatic N) is 4. The van der Waals surface area contributed by atoms with Gasteiger partial charge in [0.15, 0.2) is 0 Å². The summed E-state index contributed by atoms with van der Waals surface area (Å²) >= 11 is 1.72. The number of aryl methyl sites for hydroxylation is 1. The van der Waals surface area contributed by atoms with Crippen LogP contribution < -0.4 is 0 Å². The summed E-state index contributed by atoms with van der Waals surface area (Å²) in [4.78, 5) is 7.04. The van der Waals surface area contributed by atoms with Gasteiger partial charge in [0.25, 0.3) is 0 Å². The number of aliphatic hydroxyl groups excluding tert-OH is 1. The lowest BCUT2D eigenvalue weighted by Gasteiger charge is -2.31. The first kappa shape index (κ1) is 14.7. The van der Waals surface area contributed by atoms with Gasteiger partial charge < -0.3 is 5.11 Å². The van der Waals surface area contributed by atoms with Crippen LogP contribution in [0.3, 0.4) is 0 Å². The highest BCUT2D eigenvalue weighted by Gasteiger charge is 2.23. The van der Waals surface area contributed by atoms with E-state index in [2.05, 4.69) is 33.4 Å². The first-order valence-corrected chi connectivity index (χ1v) is 8.40. The lowest BCUT2D eigenvalue weighted by molar-refractivity contribution is 0.196. The fraction of sp³-hybridized carbons (Fsp3) is 0.600. The quantitative estimate of drug-likeness (QED) is 0.918. The molecule has 0 radical (unpaired) electrons. The van der Waals surface area contributed by atoms with E-state index < -0.39 is 0 Å². The molecule has 1 atom stereocenters. The smallest absolute Gasteiger partial charge is 0.0897 e. The van der Waals surface area contributed by atoms with Gasteiger partial charge in [-0.25, -0.2) is 4.98 Å². The fourth-order valence-electron chi connectivity index (χ4n) is 2.97. The number of thiazole rings is 1. The number of hydrogen-bond donors (Lipinski definition) is 1. The number of piperidine rings is 1. The first-order valence-electron chi connectivity index (χ1n) is 7.52. The predicted molar refractivity (Wildman–Crippen MR) is 83.4 cm³/mol. The molecule has 0 amide bonds. The van der Waals surface area contributed by atoms with Gasteiger partial charge in [-0.3, -0.25) is 9.58 Å². The highest BCUT2D eigenvalue weighted by Crippen LogP contribution is 2.26. The topological polar surface area (TPSA) is 54.2 Å². The van der Waals surface area contributed by atoms with Crippen molar-refractivity contribution in [1.82, 2.24) is 19.7 Å². The van der Waals surface area contributed by atoms with E-state index in [0.717, 1.165) is 30.3 Å². The third-order valence-electron chi connectivity index (χ3n) is 3.97. The Kier molecular flexibility index (Phi) is 4.67. The van der Waals surface area contributed by atoms with E-state index in [-0.39, 0.29) is 6.61 Å². The molecule has 1 aliphatic rings. The highest BCUT2D eigenvalue weighted by molar-refractivity contribution is 7.09. The van der Waals surface area contributed by atoms with Gasteiger partial charge >= 0.3 is 0 Å². The number of aliphatic hydroxyl groups is 1. The molecule has 1 fully saturated rings. The van der Waals surface area contributed by atoms with Crippen LogP contribution in [0.2, 0.25) is 0 Å². The van der Waals surface area contributed by atoms with Crippen molar-refractivity contribution in [3.63, 3.8) is 0 Å². The average Bonchev–Trinajstić information content (AvgIpc) is 3.09. The van der Waals surface area contributed by atoms with Crippen molar-refractivity contribution in [2.45, 2.75) is 38.8 Å². The molecule has 0 aliphatic carbocycles. The van der Waals surface area contributed by atoms with E-state index in [4.69, 9.17) is 5.11 Å². The molecule has 6 heteroatoms. The van der Waals surface area contributed by atoms with Crippen LogP contribution >= 0.6 is 11.3 Å². The van der Waals surface area contributed by atoms with Crippen LogP contribution in [0.25, 0.3) is 0 Å². The standard InChI is InChI=1S/C15H22N4OS/c1-12-16-14(11-21-12)10-18-5-2-3-13(9-18)15-4-6-19(17-15)7-8-20/h4,6,11,13,20H,2-3,5,7-10H2,1H3/t13-/m1/s1. The summed E-state index contributed by atoms with van der Waals surface area (Å²) in [6, 6.07) is 2.09. The van der Waals surface area contributed by atoms with Crippen LogP contribution in [0.15, 0.2) is 17.6 Å². The number of aromatic nitrogens is 3. The molecule has 0 unspecified atom stereocenters. The van der Waals surface area contributed by atoms with E-state index in [1.54, 1.807) is 11.3 Å². The van der Waals surface area contributed by atoms with E-state index in [0.29, 0.717) is 12.5 Å². The Morgan fingerprint density at radius 2 is 2.38 bits per heavy atom. The van der Waals surface area contributed by atoms with Crippen LogP contribution in [0.4, 0.5) is 0 Å². The molecule has 5 nitrogen and oxygen atoms in total. The predicted octanol–water partition coefficient (Wildman–Crippen LogP) is 2.02. The van der Waals surface area contributed by atoms with Gasteiger partial charge in [-0.05, 0) is 32.4 Å². The third kappa shape index (κ3) is 3.70. The largest absolute Gasteiger partial charge is 0.394 e. The molecule has 3 rings (SSSR count). The molecule has 0 spiro atoms. The number of likely N-dealkylation sites (tertiary alicyclic amines) is 1. The first-order chi connectivity index (χ1) is 10.2. The van der Waals surface area contributed by atoms with Gasteiger partial charge in [0.1, 0.15) is 0 Å². The fourth-order valence-corrected chi connectivity index (χ4v) is 3.58. The van der Waals surface area contributed by atoms with Crippen LogP contribution in [0, 0.1) is 6.92 Å². The van der Waals surface area contributed by atoms with Crippen molar-refractivity contribution in [1.29, 1.82) is 0 Å². The summed E-state index contributed by atoms with van der Waals surface area (Å²) in [5.41, 5.74) is 2.34. The SMILES string of the molecule is Cc1nc(CN2CCC[C@@H](c3ccn(CCO)n3)C2)cs1. The van der Waals surface area contributed by atoms with Gasteiger partial charge in [-0.15, -0.1) is 11.3 Å². The maximum atomic E-state index is 8.97. The Balaban J connectivity index is 1.61.